The van der Waals surface area contributed by atoms with E-state index in [0.29, 0.717) is 22.8 Å². The number of nitrogens with one attached hydrogen (secondary N) is 3. The highest BCUT2D eigenvalue weighted by atomic mass is 16.5. The van der Waals surface area contributed by atoms with Gasteiger partial charge in [-0.2, -0.15) is 10.2 Å². The Kier molecular flexibility index (Phi) is 3.42. The zero-order chi connectivity index (χ0) is 14.9. The second-order valence-electron chi connectivity index (χ2n) is 4.13. The quantitative estimate of drug-likeness (QED) is 0.598. The minimum atomic E-state index is -0.584. The topological polar surface area (TPSA) is 139 Å². The molecule has 0 spiro atoms. The molecule has 0 fully saturated rings. The van der Waals surface area contributed by atoms with Crippen molar-refractivity contribution in [3.63, 3.8) is 0 Å². The third-order valence-corrected chi connectivity index (χ3v) is 2.89. The van der Waals surface area contributed by atoms with Crippen molar-refractivity contribution in [3.05, 3.63) is 22.5 Å². The Morgan fingerprint density at radius 3 is 2.35 bits per heavy atom. The number of nitrogens with two attached hydrogens (primary N) is 1. The molecule has 106 valence electrons. The first-order valence-corrected chi connectivity index (χ1v) is 5.70. The van der Waals surface area contributed by atoms with Crippen LogP contribution in [0.25, 0.3) is 0 Å². The van der Waals surface area contributed by atoms with E-state index in [4.69, 9.17) is 5.73 Å². The Morgan fingerprint density at radius 2 is 1.80 bits per heavy atom. The van der Waals surface area contributed by atoms with Gasteiger partial charge < -0.3 is 15.8 Å². The van der Waals surface area contributed by atoms with E-state index in [1.807, 2.05) is 0 Å². The number of anilines is 2. The summed E-state index contributed by atoms with van der Waals surface area (Å²) in [5.74, 6) is -0.416. The molecule has 2 aromatic rings. The maximum absolute atomic E-state index is 12.0. The molecule has 0 aromatic carbocycles. The zero-order valence-corrected chi connectivity index (χ0v) is 11.2. The van der Waals surface area contributed by atoms with Crippen LogP contribution in [0.5, 0.6) is 0 Å². The largest absolute Gasteiger partial charge is 0.464 e. The second kappa shape index (κ2) is 5.03. The molecule has 0 unspecified atom stereocenters. The molecular formula is C11H14N6O3. The minimum Gasteiger partial charge on any atom is -0.464 e. The molecule has 9 nitrogen and oxygen atoms in total. The number of H-pyrrole nitrogens is 2. The summed E-state index contributed by atoms with van der Waals surface area (Å²) in [6.07, 6.45) is 0. The van der Waals surface area contributed by atoms with Gasteiger partial charge in [0.1, 0.15) is 11.6 Å². The van der Waals surface area contributed by atoms with Crippen molar-refractivity contribution in [2.45, 2.75) is 13.8 Å². The molecule has 0 saturated carbocycles. The van der Waals surface area contributed by atoms with Crippen molar-refractivity contribution in [1.29, 1.82) is 0 Å². The van der Waals surface area contributed by atoms with E-state index in [1.54, 1.807) is 13.8 Å². The summed E-state index contributed by atoms with van der Waals surface area (Å²) >= 11 is 0. The molecule has 0 saturated heterocycles. The molecule has 0 radical (unpaired) electrons. The highest BCUT2D eigenvalue weighted by Crippen LogP contribution is 2.18. The molecule has 0 bridgehead atoms. The number of hydrogen-bond acceptors (Lipinski definition) is 6. The number of esters is 1. The number of aromatic amines is 2. The van der Waals surface area contributed by atoms with Crippen LogP contribution in [0.15, 0.2) is 0 Å². The van der Waals surface area contributed by atoms with E-state index < -0.39 is 11.9 Å². The fourth-order valence-electron chi connectivity index (χ4n) is 1.62. The standard InChI is InChI=1S/C11H14N6O3/c1-4-6(14-16-8(4)12)10(18)13-9-5(2)7(15-17-9)11(19)20-3/h1-3H3,(H3,12,14,16)(H2,13,15,17,18). The Bertz CT molecular complexity index is 672. The van der Waals surface area contributed by atoms with Crippen LogP contribution in [0, 0.1) is 13.8 Å². The highest BCUT2D eigenvalue weighted by Gasteiger charge is 2.20. The predicted molar refractivity (Wildman–Crippen MR) is 70.4 cm³/mol. The van der Waals surface area contributed by atoms with Crippen LogP contribution >= 0.6 is 0 Å². The molecule has 2 aromatic heterocycles. The molecule has 0 atom stereocenters. The Balaban J connectivity index is 2.23. The molecule has 0 aliphatic carbocycles. The fraction of sp³-hybridized carbons (Fsp3) is 0.273. The lowest BCUT2D eigenvalue weighted by Gasteiger charge is -2.02. The lowest BCUT2D eigenvalue weighted by atomic mass is 10.2. The van der Waals surface area contributed by atoms with Crippen molar-refractivity contribution < 1.29 is 14.3 Å². The van der Waals surface area contributed by atoms with Gasteiger partial charge in [-0.3, -0.25) is 15.0 Å². The van der Waals surface area contributed by atoms with Gasteiger partial charge in [-0.1, -0.05) is 0 Å². The van der Waals surface area contributed by atoms with Gasteiger partial charge in [0.05, 0.1) is 7.11 Å². The van der Waals surface area contributed by atoms with Crippen LogP contribution in [0.1, 0.15) is 32.1 Å². The van der Waals surface area contributed by atoms with Crippen LogP contribution in [0.3, 0.4) is 0 Å². The van der Waals surface area contributed by atoms with Crippen LogP contribution < -0.4 is 11.1 Å². The normalized spacial score (nSPS) is 10.3. The third kappa shape index (κ3) is 2.20. The summed E-state index contributed by atoms with van der Waals surface area (Å²) in [6.45, 7) is 3.31. The molecule has 1 amide bonds. The van der Waals surface area contributed by atoms with Crippen molar-refractivity contribution in [1.82, 2.24) is 20.4 Å². The van der Waals surface area contributed by atoms with Crippen molar-refractivity contribution in [3.8, 4) is 0 Å². The van der Waals surface area contributed by atoms with Gasteiger partial charge in [0.2, 0.25) is 0 Å². The van der Waals surface area contributed by atoms with Gasteiger partial charge in [-0.15, -0.1) is 0 Å². The van der Waals surface area contributed by atoms with Gasteiger partial charge in [0.15, 0.2) is 11.4 Å². The number of methoxy groups -OCH3 is 1. The number of carbonyl (C=O) groups is 2. The van der Waals surface area contributed by atoms with Gasteiger partial charge in [0.25, 0.3) is 5.91 Å². The number of amides is 1. The first-order chi connectivity index (χ1) is 9.45. The van der Waals surface area contributed by atoms with Crippen molar-refractivity contribution in [2.24, 2.45) is 0 Å². The summed E-state index contributed by atoms with van der Waals surface area (Å²) in [6, 6.07) is 0. The lowest BCUT2D eigenvalue weighted by Crippen LogP contribution is -2.15. The molecule has 5 N–H and O–H groups in total. The molecular weight excluding hydrogens is 264 g/mol. The van der Waals surface area contributed by atoms with E-state index in [1.165, 1.54) is 7.11 Å². The molecule has 9 heteroatoms. The third-order valence-electron chi connectivity index (χ3n) is 2.89. The Hall–Kier alpha value is -2.84. The van der Waals surface area contributed by atoms with Gasteiger partial charge in [-0.05, 0) is 13.8 Å². The van der Waals surface area contributed by atoms with Crippen LogP contribution in [-0.2, 0) is 4.74 Å². The Morgan fingerprint density at radius 1 is 1.15 bits per heavy atom. The SMILES string of the molecule is COC(=O)c1n[nH]c(NC(=O)c2n[nH]c(N)c2C)c1C. The van der Waals surface area contributed by atoms with Crippen molar-refractivity contribution >= 4 is 23.5 Å². The number of nitrogen functional groups attached to an aromatic ring is 1. The molecule has 0 aliphatic rings. The summed E-state index contributed by atoms with van der Waals surface area (Å²) in [5.41, 5.74) is 6.90. The number of hydrogen-bond donors (Lipinski definition) is 4. The van der Waals surface area contributed by atoms with E-state index in [9.17, 15) is 9.59 Å². The minimum absolute atomic E-state index is 0.112. The lowest BCUT2D eigenvalue weighted by molar-refractivity contribution is 0.0593. The summed E-state index contributed by atoms with van der Waals surface area (Å²) < 4.78 is 4.57. The van der Waals surface area contributed by atoms with Crippen molar-refractivity contribution in [2.75, 3.05) is 18.2 Å². The van der Waals surface area contributed by atoms with E-state index in [0.717, 1.165) is 0 Å². The first-order valence-electron chi connectivity index (χ1n) is 5.70. The van der Waals surface area contributed by atoms with E-state index in [2.05, 4.69) is 30.4 Å². The molecule has 20 heavy (non-hydrogen) atoms. The number of rotatable bonds is 3. The monoisotopic (exact) mass is 278 g/mol. The number of ether oxygens (including phenoxy) is 1. The highest BCUT2D eigenvalue weighted by molar-refractivity contribution is 6.05. The smallest absolute Gasteiger partial charge is 0.358 e. The Labute approximate surface area is 113 Å². The average molecular weight is 278 g/mol. The second-order valence-corrected chi connectivity index (χ2v) is 4.13. The van der Waals surface area contributed by atoms with Crippen LogP contribution in [0.4, 0.5) is 11.6 Å². The summed E-state index contributed by atoms with van der Waals surface area (Å²) in [7, 11) is 1.25. The summed E-state index contributed by atoms with van der Waals surface area (Å²) in [5, 5.41) is 15.3. The van der Waals surface area contributed by atoms with E-state index in [-0.39, 0.29) is 11.4 Å². The van der Waals surface area contributed by atoms with Gasteiger partial charge >= 0.3 is 5.97 Å². The fourth-order valence-corrected chi connectivity index (χ4v) is 1.62. The maximum Gasteiger partial charge on any atom is 0.358 e. The molecule has 2 heterocycles. The number of carbonyl (C=O) groups excluding carboxylic acids is 2. The average Bonchev–Trinajstić information content (AvgIpc) is 2.94. The van der Waals surface area contributed by atoms with E-state index >= 15 is 0 Å². The number of nitrogens with zero attached hydrogens (tertiary/aromatic N) is 2. The van der Waals surface area contributed by atoms with Gasteiger partial charge in [0, 0.05) is 11.1 Å². The zero-order valence-electron chi connectivity index (χ0n) is 11.2. The maximum atomic E-state index is 12.0. The van der Waals surface area contributed by atoms with Gasteiger partial charge in [-0.25, -0.2) is 4.79 Å². The predicted octanol–water partition coefficient (Wildman–Crippen LogP) is 0.371. The molecule has 0 aliphatic heterocycles. The van der Waals surface area contributed by atoms with Crippen LogP contribution in [-0.4, -0.2) is 39.4 Å². The number of aromatic nitrogens is 4. The van der Waals surface area contributed by atoms with Crippen LogP contribution in [0.2, 0.25) is 0 Å². The molecule has 2 rings (SSSR count). The summed E-state index contributed by atoms with van der Waals surface area (Å²) in [4.78, 5) is 23.4. The first kappa shape index (κ1) is 13.6.